The van der Waals surface area contributed by atoms with Crippen LogP contribution in [0.2, 0.25) is 0 Å². The standard InChI is InChI=1S/C20H27N7O2/c1-5-16-15-10-14(18-20(25-26(4)24-18)29-12-13(2)21-3)11-22-19(15)27(23-16)17-8-6-7-9-28-17/h5,10-11,13,17,21H,1,6-9,12H2,2-4H3/t13-,17?/m1/s1. The summed E-state index contributed by atoms with van der Waals surface area (Å²) in [6, 6.07) is 2.22. The van der Waals surface area contributed by atoms with Crippen molar-refractivity contribution in [1.29, 1.82) is 0 Å². The van der Waals surface area contributed by atoms with E-state index in [1.165, 1.54) is 4.80 Å². The molecule has 29 heavy (non-hydrogen) atoms. The molecule has 0 saturated carbocycles. The van der Waals surface area contributed by atoms with Crippen LogP contribution in [0.4, 0.5) is 0 Å². The second kappa shape index (κ2) is 8.30. The Bertz CT molecular complexity index is 1000. The van der Waals surface area contributed by atoms with Crippen molar-refractivity contribution in [3.63, 3.8) is 0 Å². The monoisotopic (exact) mass is 397 g/mol. The number of nitrogens with one attached hydrogen (secondary N) is 1. The topological polar surface area (TPSA) is 91.9 Å². The van der Waals surface area contributed by atoms with E-state index in [-0.39, 0.29) is 12.3 Å². The van der Waals surface area contributed by atoms with Crippen LogP contribution in [0.25, 0.3) is 28.4 Å². The molecule has 0 radical (unpaired) electrons. The molecule has 1 saturated heterocycles. The van der Waals surface area contributed by atoms with Crippen LogP contribution in [0.5, 0.6) is 5.88 Å². The second-order valence-corrected chi connectivity index (χ2v) is 7.29. The molecule has 154 valence electrons. The molecule has 1 aliphatic rings. The fourth-order valence-corrected chi connectivity index (χ4v) is 3.40. The van der Waals surface area contributed by atoms with Gasteiger partial charge in [-0.15, -0.1) is 10.2 Å². The number of hydrogen-bond donors (Lipinski definition) is 1. The van der Waals surface area contributed by atoms with E-state index in [9.17, 15) is 0 Å². The lowest BCUT2D eigenvalue weighted by molar-refractivity contribution is -0.0370. The van der Waals surface area contributed by atoms with Gasteiger partial charge in [0.2, 0.25) is 0 Å². The van der Waals surface area contributed by atoms with Gasteiger partial charge in [-0.25, -0.2) is 9.67 Å². The van der Waals surface area contributed by atoms with Gasteiger partial charge >= 0.3 is 0 Å². The van der Waals surface area contributed by atoms with Crippen molar-refractivity contribution in [1.82, 2.24) is 35.1 Å². The zero-order valence-corrected chi connectivity index (χ0v) is 17.1. The fourth-order valence-electron chi connectivity index (χ4n) is 3.40. The molecule has 0 spiro atoms. The molecular weight excluding hydrogens is 370 g/mol. The average molecular weight is 397 g/mol. The number of aryl methyl sites for hydroxylation is 1. The highest BCUT2D eigenvalue weighted by Gasteiger charge is 2.23. The molecule has 0 amide bonds. The molecule has 0 aliphatic carbocycles. The maximum Gasteiger partial charge on any atom is 0.261 e. The van der Waals surface area contributed by atoms with E-state index < -0.39 is 0 Å². The zero-order chi connectivity index (χ0) is 20.4. The molecule has 1 fully saturated rings. The summed E-state index contributed by atoms with van der Waals surface area (Å²) in [5.41, 5.74) is 3.04. The third-order valence-corrected chi connectivity index (χ3v) is 5.12. The van der Waals surface area contributed by atoms with E-state index in [0.717, 1.165) is 48.2 Å². The van der Waals surface area contributed by atoms with Crippen LogP contribution in [-0.2, 0) is 11.8 Å². The lowest BCUT2D eigenvalue weighted by Gasteiger charge is -2.23. The molecule has 3 aromatic rings. The Labute approximate surface area is 169 Å². The summed E-state index contributed by atoms with van der Waals surface area (Å²) in [5, 5.41) is 17.6. The van der Waals surface area contributed by atoms with Crippen molar-refractivity contribution >= 4 is 17.1 Å². The van der Waals surface area contributed by atoms with Crippen molar-refractivity contribution in [3.8, 4) is 17.1 Å². The highest BCUT2D eigenvalue weighted by Crippen LogP contribution is 2.32. The number of pyridine rings is 1. The minimum Gasteiger partial charge on any atom is -0.473 e. The highest BCUT2D eigenvalue weighted by molar-refractivity contribution is 5.88. The molecule has 1 N–H and O–H groups in total. The van der Waals surface area contributed by atoms with Crippen molar-refractivity contribution in [2.24, 2.45) is 7.05 Å². The first-order chi connectivity index (χ1) is 14.1. The number of ether oxygens (including phenoxy) is 2. The van der Waals surface area contributed by atoms with Crippen molar-refractivity contribution < 1.29 is 9.47 Å². The number of fused-ring (bicyclic) bond motifs is 1. The first-order valence-electron chi connectivity index (χ1n) is 9.94. The van der Waals surface area contributed by atoms with Gasteiger partial charge in [0, 0.05) is 36.8 Å². The van der Waals surface area contributed by atoms with Gasteiger partial charge in [0.15, 0.2) is 17.6 Å². The van der Waals surface area contributed by atoms with E-state index in [2.05, 4.69) is 22.1 Å². The van der Waals surface area contributed by atoms with E-state index in [4.69, 9.17) is 19.6 Å². The molecular formula is C20H27N7O2. The number of nitrogens with zero attached hydrogens (tertiary/aromatic N) is 6. The van der Waals surface area contributed by atoms with Crippen LogP contribution >= 0.6 is 0 Å². The lowest BCUT2D eigenvalue weighted by Crippen LogP contribution is -2.28. The first-order valence-corrected chi connectivity index (χ1v) is 9.94. The SMILES string of the molecule is C=Cc1nn(C2CCCCO2)c2ncc(-c3nn(C)nc3OC[C@@H](C)NC)cc12. The predicted molar refractivity (Wildman–Crippen MR) is 110 cm³/mol. The van der Waals surface area contributed by atoms with E-state index in [1.807, 2.05) is 24.7 Å². The Morgan fingerprint density at radius 3 is 2.97 bits per heavy atom. The van der Waals surface area contributed by atoms with Gasteiger partial charge in [0.05, 0.1) is 5.69 Å². The molecule has 0 aromatic carbocycles. The van der Waals surface area contributed by atoms with Gasteiger partial charge in [-0.3, -0.25) is 0 Å². The summed E-state index contributed by atoms with van der Waals surface area (Å²) < 4.78 is 13.7. The minimum absolute atomic E-state index is 0.0863. The van der Waals surface area contributed by atoms with Crippen LogP contribution in [-0.4, -0.2) is 56.1 Å². The summed E-state index contributed by atoms with van der Waals surface area (Å²) in [7, 11) is 3.67. The number of likely N-dealkylation sites (N-methyl/N-ethyl adjacent to an activating group) is 1. The molecule has 1 aliphatic heterocycles. The van der Waals surface area contributed by atoms with Crippen LogP contribution in [0.3, 0.4) is 0 Å². The summed E-state index contributed by atoms with van der Waals surface area (Å²) in [6.45, 7) is 7.20. The Kier molecular flexibility index (Phi) is 5.59. The average Bonchev–Trinajstić information content (AvgIpc) is 3.32. The largest absolute Gasteiger partial charge is 0.473 e. The Hall–Kier alpha value is -2.78. The normalized spacial score (nSPS) is 18.1. The Balaban J connectivity index is 1.72. The first kappa shape index (κ1) is 19.5. The molecule has 0 bridgehead atoms. The summed E-state index contributed by atoms with van der Waals surface area (Å²) in [5.74, 6) is 0.485. The van der Waals surface area contributed by atoms with Crippen LogP contribution in [0, 0.1) is 0 Å². The van der Waals surface area contributed by atoms with Crippen molar-refractivity contribution in [2.45, 2.75) is 38.5 Å². The van der Waals surface area contributed by atoms with Gasteiger partial charge in [0.1, 0.15) is 6.61 Å². The van der Waals surface area contributed by atoms with Crippen molar-refractivity contribution in [2.75, 3.05) is 20.3 Å². The number of hydrogen-bond acceptors (Lipinski definition) is 7. The molecule has 2 atom stereocenters. The third-order valence-electron chi connectivity index (χ3n) is 5.12. The predicted octanol–water partition coefficient (Wildman–Crippen LogP) is 2.56. The minimum atomic E-state index is -0.0863. The quantitative estimate of drug-likeness (QED) is 0.655. The molecule has 4 rings (SSSR count). The summed E-state index contributed by atoms with van der Waals surface area (Å²) in [4.78, 5) is 6.20. The maximum atomic E-state index is 5.91. The molecule has 3 aromatic heterocycles. The second-order valence-electron chi connectivity index (χ2n) is 7.29. The van der Waals surface area contributed by atoms with Gasteiger partial charge < -0.3 is 14.8 Å². The maximum absolute atomic E-state index is 5.91. The van der Waals surface area contributed by atoms with Gasteiger partial charge in [-0.05, 0) is 45.4 Å². The smallest absolute Gasteiger partial charge is 0.261 e. The Morgan fingerprint density at radius 2 is 2.24 bits per heavy atom. The van der Waals surface area contributed by atoms with E-state index >= 15 is 0 Å². The molecule has 1 unspecified atom stereocenters. The number of rotatable bonds is 7. The van der Waals surface area contributed by atoms with Crippen LogP contribution < -0.4 is 10.1 Å². The summed E-state index contributed by atoms with van der Waals surface area (Å²) in [6.07, 6.45) is 6.59. The molecule has 9 heteroatoms. The fraction of sp³-hybridized carbons (Fsp3) is 0.500. The highest BCUT2D eigenvalue weighted by atomic mass is 16.5. The van der Waals surface area contributed by atoms with Gasteiger partial charge in [-0.1, -0.05) is 6.58 Å². The van der Waals surface area contributed by atoms with Gasteiger partial charge in [-0.2, -0.15) is 9.90 Å². The molecule has 4 heterocycles. The van der Waals surface area contributed by atoms with Crippen LogP contribution in [0.15, 0.2) is 18.8 Å². The Morgan fingerprint density at radius 1 is 1.38 bits per heavy atom. The molecule has 9 nitrogen and oxygen atoms in total. The van der Waals surface area contributed by atoms with Crippen molar-refractivity contribution in [3.05, 3.63) is 24.5 Å². The van der Waals surface area contributed by atoms with Gasteiger partial charge in [0.25, 0.3) is 5.88 Å². The van der Waals surface area contributed by atoms with E-state index in [1.54, 1.807) is 19.3 Å². The van der Waals surface area contributed by atoms with Crippen LogP contribution in [0.1, 0.15) is 38.1 Å². The third kappa shape index (κ3) is 3.88. The van der Waals surface area contributed by atoms with E-state index in [0.29, 0.717) is 18.2 Å². The summed E-state index contributed by atoms with van der Waals surface area (Å²) >= 11 is 0. The lowest BCUT2D eigenvalue weighted by atomic mass is 10.1. The number of aromatic nitrogens is 6. The zero-order valence-electron chi connectivity index (χ0n) is 17.1.